The minimum absolute atomic E-state index is 0.0877. The van der Waals surface area contributed by atoms with E-state index < -0.39 is 5.54 Å². The van der Waals surface area contributed by atoms with Crippen LogP contribution in [-0.2, 0) is 4.79 Å². The number of ketones is 1. The Labute approximate surface area is 88.3 Å². The molecule has 0 aliphatic rings. The second kappa shape index (κ2) is 3.65. The summed E-state index contributed by atoms with van der Waals surface area (Å²) in [5.74, 6) is 0.139. The summed E-state index contributed by atoms with van der Waals surface area (Å²) in [4.78, 5) is 12.0. The average molecular weight is 199 g/mol. The minimum Gasteiger partial charge on any atom is -0.319 e. The molecule has 0 heterocycles. The van der Waals surface area contributed by atoms with Gasteiger partial charge in [0, 0.05) is 5.41 Å². The first kappa shape index (κ1) is 13.6. The number of Topliss-reactive ketones (excluding diaryl/α,β-unsaturated/α-hetero) is 1. The van der Waals surface area contributed by atoms with Crippen LogP contribution >= 0.6 is 0 Å². The van der Waals surface area contributed by atoms with Gasteiger partial charge >= 0.3 is 0 Å². The molecule has 0 bridgehead atoms. The molecule has 0 aromatic heterocycles. The lowest BCUT2D eigenvalue weighted by Gasteiger charge is -2.35. The van der Waals surface area contributed by atoms with Gasteiger partial charge in [-0.05, 0) is 18.8 Å². The number of hydrogen-bond donors (Lipinski definition) is 1. The van der Waals surface area contributed by atoms with Crippen LogP contribution < -0.4 is 5.73 Å². The maximum absolute atomic E-state index is 12.0. The summed E-state index contributed by atoms with van der Waals surface area (Å²) in [6.07, 6.45) is 0.718. The number of hydrogen-bond acceptors (Lipinski definition) is 2. The summed E-state index contributed by atoms with van der Waals surface area (Å²) >= 11 is 0. The Hall–Kier alpha value is -0.370. The van der Waals surface area contributed by atoms with E-state index in [1.165, 1.54) is 0 Å². The number of carbonyl (C=O) groups excluding carboxylic acids is 1. The molecule has 0 aliphatic heterocycles. The molecule has 0 amide bonds. The molecule has 0 radical (unpaired) electrons. The Bertz CT molecular complexity index is 215. The Morgan fingerprint density at radius 2 is 1.36 bits per heavy atom. The van der Waals surface area contributed by atoms with E-state index in [2.05, 4.69) is 20.8 Å². The zero-order chi connectivity index (χ0) is 11.8. The molecule has 0 saturated carbocycles. The van der Waals surface area contributed by atoms with Crippen LogP contribution in [0.15, 0.2) is 0 Å². The van der Waals surface area contributed by atoms with Crippen molar-refractivity contribution in [2.45, 2.75) is 60.4 Å². The molecular formula is C12H25NO. The fraction of sp³-hybridized carbons (Fsp3) is 0.917. The van der Waals surface area contributed by atoms with Gasteiger partial charge in [0.15, 0.2) is 5.78 Å². The minimum atomic E-state index is -0.712. The van der Waals surface area contributed by atoms with Crippen molar-refractivity contribution in [1.29, 1.82) is 0 Å². The standard InChI is InChI=1S/C12H25NO/c1-10(2,3)8-12(7,13)9(14)11(4,5)6/h8,13H2,1-7H3/t12-/m0/s1. The molecule has 2 heteroatoms. The smallest absolute Gasteiger partial charge is 0.157 e. The normalized spacial score (nSPS) is 17.7. The second-order valence-electron chi connectivity index (χ2n) is 6.73. The first-order chi connectivity index (χ1) is 5.86. The zero-order valence-corrected chi connectivity index (χ0v) is 10.7. The molecule has 0 spiro atoms. The van der Waals surface area contributed by atoms with Gasteiger partial charge < -0.3 is 5.73 Å². The predicted molar refractivity (Wildman–Crippen MR) is 61.1 cm³/mol. The maximum Gasteiger partial charge on any atom is 0.157 e. The highest BCUT2D eigenvalue weighted by molar-refractivity contribution is 5.92. The van der Waals surface area contributed by atoms with E-state index >= 15 is 0 Å². The van der Waals surface area contributed by atoms with E-state index in [1.54, 1.807) is 0 Å². The van der Waals surface area contributed by atoms with E-state index in [0.29, 0.717) is 0 Å². The van der Waals surface area contributed by atoms with Crippen LogP contribution in [0.3, 0.4) is 0 Å². The number of nitrogens with two attached hydrogens (primary N) is 1. The summed E-state index contributed by atoms with van der Waals surface area (Å²) in [5.41, 5.74) is 5.11. The molecule has 2 N–H and O–H groups in total. The van der Waals surface area contributed by atoms with Crippen molar-refractivity contribution in [2.24, 2.45) is 16.6 Å². The number of carbonyl (C=O) groups is 1. The van der Waals surface area contributed by atoms with Crippen LogP contribution in [0.2, 0.25) is 0 Å². The Balaban J connectivity index is 4.72. The van der Waals surface area contributed by atoms with Crippen LogP contribution in [0.5, 0.6) is 0 Å². The highest BCUT2D eigenvalue weighted by Gasteiger charge is 2.38. The summed E-state index contributed by atoms with van der Waals surface area (Å²) in [6, 6.07) is 0. The molecule has 0 fully saturated rings. The van der Waals surface area contributed by atoms with Crippen molar-refractivity contribution >= 4 is 5.78 Å². The van der Waals surface area contributed by atoms with E-state index in [9.17, 15) is 4.79 Å². The third kappa shape index (κ3) is 4.23. The van der Waals surface area contributed by atoms with Gasteiger partial charge in [-0.3, -0.25) is 4.79 Å². The number of rotatable bonds is 2. The molecule has 0 aliphatic carbocycles. The van der Waals surface area contributed by atoms with Gasteiger partial charge in [0.05, 0.1) is 5.54 Å². The molecular weight excluding hydrogens is 174 g/mol. The van der Waals surface area contributed by atoms with Crippen LogP contribution in [-0.4, -0.2) is 11.3 Å². The molecule has 0 aromatic carbocycles. The molecule has 0 aromatic rings. The molecule has 0 saturated heterocycles. The Morgan fingerprint density at radius 3 is 1.57 bits per heavy atom. The average Bonchev–Trinajstić information content (AvgIpc) is 1.78. The third-order valence-corrected chi connectivity index (χ3v) is 2.10. The van der Waals surface area contributed by atoms with Crippen molar-refractivity contribution in [2.75, 3.05) is 0 Å². The van der Waals surface area contributed by atoms with Crippen LogP contribution in [0.1, 0.15) is 54.9 Å². The molecule has 0 unspecified atom stereocenters. The van der Waals surface area contributed by atoms with E-state index in [0.717, 1.165) is 6.42 Å². The topological polar surface area (TPSA) is 43.1 Å². The Kier molecular flexibility index (Phi) is 3.55. The summed E-state index contributed by atoms with van der Waals surface area (Å²) < 4.78 is 0. The first-order valence-corrected chi connectivity index (χ1v) is 5.20. The monoisotopic (exact) mass is 199 g/mol. The van der Waals surface area contributed by atoms with E-state index in [-0.39, 0.29) is 16.6 Å². The lowest BCUT2D eigenvalue weighted by Crippen LogP contribution is -2.52. The van der Waals surface area contributed by atoms with Crippen molar-refractivity contribution in [3.63, 3.8) is 0 Å². The highest BCUT2D eigenvalue weighted by Crippen LogP contribution is 2.31. The molecule has 0 rings (SSSR count). The molecule has 84 valence electrons. The van der Waals surface area contributed by atoms with Crippen molar-refractivity contribution in [3.05, 3.63) is 0 Å². The van der Waals surface area contributed by atoms with Gasteiger partial charge in [0.2, 0.25) is 0 Å². The quantitative estimate of drug-likeness (QED) is 0.743. The van der Waals surface area contributed by atoms with Crippen LogP contribution in [0, 0.1) is 10.8 Å². The van der Waals surface area contributed by atoms with E-state index in [1.807, 2.05) is 27.7 Å². The van der Waals surface area contributed by atoms with Gasteiger partial charge in [-0.25, -0.2) is 0 Å². The summed E-state index contributed by atoms with van der Waals surface area (Å²) in [7, 11) is 0. The molecule has 14 heavy (non-hydrogen) atoms. The van der Waals surface area contributed by atoms with Gasteiger partial charge in [0.1, 0.15) is 0 Å². The van der Waals surface area contributed by atoms with E-state index in [4.69, 9.17) is 5.73 Å². The lowest BCUT2D eigenvalue weighted by atomic mass is 9.72. The molecule has 1 atom stereocenters. The highest BCUT2D eigenvalue weighted by atomic mass is 16.1. The first-order valence-electron chi connectivity index (χ1n) is 5.20. The van der Waals surface area contributed by atoms with Gasteiger partial charge in [-0.1, -0.05) is 41.5 Å². The third-order valence-electron chi connectivity index (χ3n) is 2.10. The fourth-order valence-corrected chi connectivity index (χ4v) is 2.04. The van der Waals surface area contributed by atoms with Crippen molar-refractivity contribution in [1.82, 2.24) is 0 Å². The van der Waals surface area contributed by atoms with Crippen LogP contribution in [0.25, 0.3) is 0 Å². The predicted octanol–water partition coefficient (Wildman–Crippen LogP) is 2.76. The fourth-order valence-electron chi connectivity index (χ4n) is 2.04. The zero-order valence-electron chi connectivity index (χ0n) is 10.7. The molecule has 2 nitrogen and oxygen atoms in total. The van der Waals surface area contributed by atoms with Crippen LogP contribution in [0.4, 0.5) is 0 Å². The Morgan fingerprint density at radius 1 is 1.00 bits per heavy atom. The van der Waals surface area contributed by atoms with Crippen molar-refractivity contribution < 1.29 is 4.79 Å². The lowest BCUT2D eigenvalue weighted by molar-refractivity contribution is -0.132. The second-order valence-corrected chi connectivity index (χ2v) is 6.73. The van der Waals surface area contributed by atoms with Gasteiger partial charge in [-0.15, -0.1) is 0 Å². The van der Waals surface area contributed by atoms with Gasteiger partial charge in [-0.2, -0.15) is 0 Å². The van der Waals surface area contributed by atoms with Gasteiger partial charge in [0.25, 0.3) is 0 Å². The SMILES string of the molecule is CC(C)(C)C[C@](C)(N)C(=O)C(C)(C)C. The summed E-state index contributed by atoms with van der Waals surface area (Å²) in [6.45, 7) is 13.9. The largest absolute Gasteiger partial charge is 0.319 e. The summed E-state index contributed by atoms with van der Waals surface area (Å²) in [5, 5.41) is 0. The maximum atomic E-state index is 12.0. The van der Waals surface area contributed by atoms with Crippen molar-refractivity contribution in [3.8, 4) is 0 Å².